The molecule has 5 nitrogen and oxygen atoms in total. The molecule has 1 saturated heterocycles. The highest BCUT2D eigenvalue weighted by molar-refractivity contribution is 7.88. The average molecular weight is 332 g/mol. The zero-order chi connectivity index (χ0) is 15.6. The van der Waals surface area contributed by atoms with Crippen LogP contribution in [0.15, 0.2) is 18.2 Å². The van der Waals surface area contributed by atoms with E-state index in [-0.39, 0.29) is 0 Å². The summed E-state index contributed by atoms with van der Waals surface area (Å²) < 4.78 is 24.9. The van der Waals surface area contributed by atoms with Crippen molar-refractivity contribution >= 4 is 33.0 Å². The van der Waals surface area contributed by atoms with Crippen LogP contribution in [-0.4, -0.2) is 45.7 Å². The number of nitrogens with zero attached hydrogens (tertiary/aromatic N) is 2. The molecule has 118 valence electrons. The maximum Gasteiger partial charge on any atom is 0.211 e. The monoisotopic (exact) mass is 331 g/mol. The summed E-state index contributed by atoms with van der Waals surface area (Å²) in [6.07, 6.45) is 3.20. The SMILES string of the molecule is CN(CC1CCCN(S(C)(=O)=O)C1)c1cc(Cl)ccc1N. The summed E-state index contributed by atoms with van der Waals surface area (Å²) in [6, 6.07) is 5.39. The number of hydrogen-bond donors (Lipinski definition) is 1. The second-order valence-corrected chi connectivity index (χ2v) is 8.13. The van der Waals surface area contributed by atoms with Crippen LogP contribution in [0, 0.1) is 5.92 Å². The molecule has 1 unspecified atom stereocenters. The van der Waals surface area contributed by atoms with Gasteiger partial charge in [-0.2, -0.15) is 0 Å². The smallest absolute Gasteiger partial charge is 0.211 e. The van der Waals surface area contributed by atoms with E-state index < -0.39 is 10.0 Å². The van der Waals surface area contributed by atoms with Crippen LogP contribution in [-0.2, 0) is 10.0 Å². The van der Waals surface area contributed by atoms with Crippen molar-refractivity contribution < 1.29 is 8.42 Å². The molecule has 0 aliphatic carbocycles. The van der Waals surface area contributed by atoms with Crippen molar-refractivity contribution in [3.05, 3.63) is 23.2 Å². The summed E-state index contributed by atoms with van der Waals surface area (Å²) in [4.78, 5) is 2.05. The van der Waals surface area contributed by atoms with Crippen molar-refractivity contribution in [3.8, 4) is 0 Å². The molecule has 1 aromatic rings. The Balaban J connectivity index is 2.05. The molecule has 0 radical (unpaired) electrons. The minimum atomic E-state index is -3.11. The molecule has 0 bridgehead atoms. The van der Waals surface area contributed by atoms with E-state index in [9.17, 15) is 8.42 Å². The summed E-state index contributed by atoms with van der Waals surface area (Å²) in [5.74, 6) is 0.303. The van der Waals surface area contributed by atoms with Gasteiger partial charge in [0.2, 0.25) is 10.0 Å². The van der Waals surface area contributed by atoms with Gasteiger partial charge < -0.3 is 10.6 Å². The number of piperidine rings is 1. The van der Waals surface area contributed by atoms with Crippen LogP contribution in [0.1, 0.15) is 12.8 Å². The topological polar surface area (TPSA) is 66.6 Å². The predicted molar refractivity (Wildman–Crippen MR) is 88.3 cm³/mol. The molecule has 1 heterocycles. The Morgan fingerprint density at radius 2 is 2.19 bits per heavy atom. The van der Waals surface area contributed by atoms with Crippen LogP contribution < -0.4 is 10.6 Å². The number of halogens is 1. The summed E-state index contributed by atoms with van der Waals surface area (Å²) in [6.45, 7) is 1.96. The fourth-order valence-corrected chi connectivity index (χ4v) is 3.92. The standard InChI is InChI=1S/C14H22ClN3O2S/c1-17(14-8-12(15)5-6-13(14)16)9-11-4-3-7-18(10-11)21(2,19)20/h5-6,8,11H,3-4,7,9-10,16H2,1-2H3. The van der Waals surface area contributed by atoms with E-state index >= 15 is 0 Å². The van der Waals surface area contributed by atoms with E-state index in [1.807, 2.05) is 13.1 Å². The lowest BCUT2D eigenvalue weighted by atomic mass is 9.99. The minimum Gasteiger partial charge on any atom is -0.397 e. The van der Waals surface area contributed by atoms with Crippen LogP contribution in [0.2, 0.25) is 5.02 Å². The lowest BCUT2D eigenvalue weighted by molar-refractivity contribution is 0.271. The number of rotatable bonds is 4. The number of anilines is 2. The van der Waals surface area contributed by atoms with Crippen LogP contribution in [0.5, 0.6) is 0 Å². The van der Waals surface area contributed by atoms with Crippen LogP contribution in [0.25, 0.3) is 0 Å². The van der Waals surface area contributed by atoms with E-state index in [0.29, 0.717) is 29.7 Å². The molecule has 2 N–H and O–H groups in total. The third-order valence-corrected chi connectivity index (χ3v) is 5.39. The third-order valence-electron chi connectivity index (χ3n) is 3.89. The van der Waals surface area contributed by atoms with E-state index in [4.69, 9.17) is 17.3 Å². The van der Waals surface area contributed by atoms with Gasteiger partial charge in [-0.25, -0.2) is 12.7 Å². The Morgan fingerprint density at radius 1 is 1.48 bits per heavy atom. The van der Waals surface area contributed by atoms with Gasteiger partial charge in [-0.3, -0.25) is 0 Å². The second-order valence-electron chi connectivity index (χ2n) is 5.71. The van der Waals surface area contributed by atoms with Gasteiger partial charge in [-0.05, 0) is 37.0 Å². The van der Waals surface area contributed by atoms with Gasteiger partial charge in [-0.1, -0.05) is 11.6 Å². The van der Waals surface area contributed by atoms with Crippen molar-refractivity contribution in [2.24, 2.45) is 5.92 Å². The maximum absolute atomic E-state index is 11.7. The molecular formula is C14H22ClN3O2S. The number of nitrogen functional groups attached to an aromatic ring is 1. The largest absolute Gasteiger partial charge is 0.397 e. The molecule has 1 fully saturated rings. The fourth-order valence-electron chi connectivity index (χ4n) is 2.81. The van der Waals surface area contributed by atoms with E-state index in [2.05, 4.69) is 4.90 Å². The highest BCUT2D eigenvalue weighted by Crippen LogP contribution is 2.28. The molecule has 1 atom stereocenters. The van der Waals surface area contributed by atoms with E-state index in [1.54, 1.807) is 16.4 Å². The lowest BCUT2D eigenvalue weighted by Crippen LogP contribution is -2.42. The Bertz CT molecular complexity index is 606. The first-order valence-electron chi connectivity index (χ1n) is 6.98. The van der Waals surface area contributed by atoms with Gasteiger partial charge in [0, 0.05) is 31.7 Å². The zero-order valence-electron chi connectivity index (χ0n) is 12.4. The van der Waals surface area contributed by atoms with Crippen LogP contribution >= 0.6 is 11.6 Å². The van der Waals surface area contributed by atoms with Crippen molar-refractivity contribution in [1.29, 1.82) is 0 Å². The molecule has 7 heteroatoms. The van der Waals surface area contributed by atoms with Gasteiger partial charge in [0.25, 0.3) is 0 Å². The zero-order valence-corrected chi connectivity index (χ0v) is 14.0. The summed E-state index contributed by atoms with van der Waals surface area (Å²) in [5, 5.41) is 0.646. The molecule has 1 aliphatic rings. The Kier molecular flexibility index (Phi) is 5.01. The molecule has 1 aliphatic heterocycles. The molecule has 1 aromatic carbocycles. The van der Waals surface area contributed by atoms with Crippen molar-refractivity contribution in [2.75, 3.05) is 43.6 Å². The van der Waals surface area contributed by atoms with Gasteiger partial charge in [-0.15, -0.1) is 0 Å². The van der Waals surface area contributed by atoms with Crippen LogP contribution in [0.3, 0.4) is 0 Å². The van der Waals surface area contributed by atoms with Gasteiger partial charge in [0.1, 0.15) is 0 Å². The second kappa shape index (κ2) is 6.42. The van der Waals surface area contributed by atoms with E-state index in [1.165, 1.54) is 6.26 Å². The summed E-state index contributed by atoms with van der Waals surface area (Å²) in [5.41, 5.74) is 7.55. The number of hydrogen-bond acceptors (Lipinski definition) is 4. The maximum atomic E-state index is 11.7. The highest BCUT2D eigenvalue weighted by Gasteiger charge is 2.26. The predicted octanol–water partition coefficient (Wildman–Crippen LogP) is 2.03. The molecular weight excluding hydrogens is 310 g/mol. The molecule has 0 spiro atoms. The first kappa shape index (κ1) is 16.4. The van der Waals surface area contributed by atoms with Gasteiger partial charge >= 0.3 is 0 Å². The summed E-state index contributed by atoms with van der Waals surface area (Å²) >= 11 is 6.02. The molecule has 21 heavy (non-hydrogen) atoms. The normalized spacial score (nSPS) is 20.4. The quantitative estimate of drug-likeness (QED) is 0.857. The molecule has 0 amide bonds. The van der Waals surface area contributed by atoms with Gasteiger partial charge in [0.15, 0.2) is 0 Å². The third kappa shape index (κ3) is 4.25. The van der Waals surface area contributed by atoms with Gasteiger partial charge in [0.05, 0.1) is 17.6 Å². The van der Waals surface area contributed by atoms with Crippen molar-refractivity contribution in [2.45, 2.75) is 12.8 Å². The molecule has 2 rings (SSSR count). The first-order chi connectivity index (χ1) is 9.77. The lowest BCUT2D eigenvalue weighted by Gasteiger charge is -2.34. The first-order valence-corrected chi connectivity index (χ1v) is 9.21. The Labute approximate surface area is 131 Å². The minimum absolute atomic E-state index is 0.303. The van der Waals surface area contributed by atoms with Crippen molar-refractivity contribution in [3.63, 3.8) is 0 Å². The number of benzene rings is 1. The molecule has 0 aromatic heterocycles. The number of sulfonamides is 1. The highest BCUT2D eigenvalue weighted by atomic mass is 35.5. The van der Waals surface area contributed by atoms with Crippen LogP contribution in [0.4, 0.5) is 11.4 Å². The molecule has 0 saturated carbocycles. The Morgan fingerprint density at radius 3 is 2.86 bits per heavy atom. The fraction of sp³-hybridized carbons (Fsp3) is 0.571. The summed E-state index contributed by atoms with van der Waals surface area (Å²) in [7, 11) is -1.15. The Hall–Kier alpha value is -0.980. The van der Waals surface area contributed by atoms with E-state index in [0.717, 1.165) is 25.1 Å². The average Bonchev–Trinajstić information content (AvgIpc) is 2.41. The number of nitrogens with two attached hydrogens (primary N) is 1. The van der Waals surface area contributed by atoms with Crippen molar-refractivity contribution in [1.82, 2.24) is 4.31 Å².